The Kier molecular flexibility index (Phi) is 6.32. The fraction of sp³-hybridized carbons (Fsp3) is 0.476. The van der Waals surface area contributed by atoms with Crippen LogP contribution in [0.1, 0.15) is 37.3 Å². The lowest BCUT2D eigenvalue weighted by Crippen LogP contribution is -2.38. The molecule has 8 heteroatoms. The maximum atomic E-state index is 14.7. The number of halogens is 1. The molecule has 7 nitrogen and oxygen atoms in total. The van der Waals surface area contributed by atoms with E-state index in [0.717, 1.165) is 35.0 Å². The maximum Gasteiger partial charge on any atom is 0.320 e. The second-order valence-electron chi connectivity index (χ2n) is 7.14. The van der Waals surface area contributed by atoms with Crippen LogP contribution in [0.2, 0.25) is 0 Å². The van der Waals surface area contributed by atoms with Gasteiger partial charge in [-0.25, -0.2) is 9.07 Å². The van der Waals surface area contributed by atoms with Crippen LogP contribution in [0, 0.1) is 6.92 Å². The third-order valence-electron chi connectivity index (χ3n) is 5.21. The number of methoxy groups -OCH3 is 1. The summed E-state index contributed by atoms with van der Waals surface area (Å²) in [5, 5.41) is 5.42. The summed E-state index contributed by atoms with van der Waals surface area (Å²) in [5.74, 6) is 0.704. The van der Waals surface area contributed by atoms with E-state index in [-0.39, 0.29) is 11.9 Å². The zero-order valence-electron chi connectivity index (χ0n) is 17.7. The van der Waals surface area contributed by atoms with Crippen molar-refractivity contribution in [2.45, 2.75) is 39.3 Å². The van der Waals surface area contributed by atoms with Crippen LogP contribution < -0.4 is 10.5 Å². The zero-order valence-corrected chi connectivity index (χ0v) is 17.7. The van der Waals surface area contributed by atoms with Crippen molar-refractivity contribution in [3.8, 4) is 11.8 Å². The Morgan fingerprint density at radius 2 is 1.97 bits per heavy atom. The van der Waals surface area contributed by atoms with Crippen LogP contribution in [-0.2, 0) is 0 Å². The summed E-state index contributed by atoms with van der Waals surface area (Å²) < 4.78 is 21.6. The quantitative estimate of drug-likeness (QED) is 0.725. The predicted molar refractivity (Wildman–Crippen MR) is 113 cm³/mol. The van der Waals surface area contributed by atoms with E-state index in [4.69, 9.17) is 10.5 Å². The molecule has 0 saturated carbocycles. The highest BCUT2D eigenvalue weighted by molar-refractivity contribution is 5.82. The third-order valence-corrected chi connectivity index (χ3v) is 5.21. The summed E-state index contributed by atoms with van der Waals surface area (Å²) in [6.07, 6.45) is 1.69. The summed E-state index contributed by atoms with van der Waals surface area (Å²) in [4.78, 5) is 10.4. The molecule has 0 radical (unpaired) electrons. The fourth-order valence-corrected chi connectivity index (χ4v) is 3.82. The predicted octanol–water partition coefficient (Wildman–Crippen LogP) is 3.50. The van der Waals surface area contributed by atoms with Crippen LogP contribution in [0.5, 0.6) is 6.01 Å². The van der Waals surface area contributed by atoms with Gasteiger partial charge >= 0.3 is 6.01 Å². The monoisotopic (exact) mass is 400 g/mol. The lowest BCUT2D eigenvalue weighted by molar-refractivity contribution is 0.139. The standard InChI is InChI=1S/C19H23FN6O.C2H6/c1-11-6-12-9-22-26(18-8-17(21)23-19(24-18)27-3)16(12)7-14(11)13-4-5-25(2)10-15(13)20;1-2/h6-9,13,15H,4-5,10H2,1-3H3,(H2,21,23,24);1-2H3. The molecule has 1 aromatic carbocycles. The Labute approximate surface area is 170 Å². The number of aryl methyl sites for hydroxylation is 1. The Hall–Kier alpha value is -2.74. The van der Waals surface area contributed by atoms with Crippen LogP contribution in [0.4, 0.5) is 10.2 Å². The highest BCUT2D eigenvalue weighted by Crippen LogP contribution is 2.34. The zero-order chi connectivity index (χ0) is 21.1. The lowest BCUT2D eigenvalue weighted by Gasteiger charge is -2.33. The number of rotatable bonds is 3. The number of aromatic nitrogens is 4. The van der Waals surface area contributed by atoms with Crippen molar-refractivity contribution in [1.82, 2.24) is 24.6 Å². The number of nitrogens with zero attached hydrogens (tertiary/aromatic N) is 5. The van der Waals surface area contributed by atoms with Crippen molar-refractivity contribution in [2.75, 3.05) is 33.0 Å². The van der Waals surface area contributed by atoms with Crippen LogP contribution in [-0.4, -0.2) is 58.1 Å². The first-order valence-corrected chi connectivity index (χ1v) is 9.96. The van der Waals surface area contributed by atoms with Crippen LogP contribution in [0.3, 0.4) is 0 Å². The Morgan fingerprint density at radius 1 is 1.21 bits per heavy atom. The molecular weight excluding hydrogens is 371 g/mol. The van der Waals surface area contributed by atoms with Crippen molar-refractivity contribution in [3.05, 3.63) is 35.5 Å². The number of benzene rings is 1. The van der Waals surface area contributed by atoms with Crippen molar-refractivity contribution >= 4 is 16.7 Å². The van der Waals surface area contributed by atoms with E-state index in [9.17, 15) is 4.39 Å². The molecule has 29 heavy (non-hydrogen) atoms. The highest BCUT2D eigenvalue weighted by Gasteiger charge is 2.30. The van der Waals surface area contributed by atoms with Gasteiger partial charge in [-0.1, -0.05) is 13.8 Å². The first kappa shape index (κ1) is 21.0. The molecule has 3 aromatic rings. The van der Waals surface area contributed by atoms with Crippen molar-refractivity contribution in [2.24, 2.45) is 0 Å². The molecule has 3 heterocycles. The molecule has 4 rings (SSSR count). The van der Waals surface area contributed by atoms with E-state index in [2.05, 4.69) is 21.1 Å². The number of alkyl halides is 1. The summed E-state index contributed by atoms with van der Waals surface area (Å²) in [5.41, 5.74) is 8.83. The Balaban J connectivity index is 0.00000117. The summed E-state index contributed by atoms with van der Waals surface area (Å²) in [7, 11) is 3.45. The SMILES string of the molecule is CC.COc1nc(N)cc(-n2ncc3cc(C)c(C4CCN(C)CC4F)cc32)n1. The molecule has 1 fully saturated rings. The number of hydrogen-bond acceptors (Lipinski definition) is 6. The first-order valence-electron chi connectivity index (χ1n) is 9.96. The average Bonchev–Trinajstić information content (AvgIpc) is 3.11. The molecule has 0 bridgehead atoms. The topological polar surface area (TPSA) is 82.1 Å². The van der Waals surface area contributed by atoms with Gasteiger partial charge in [0.15, 0.2) is 5.82 Å². The van der Waals surface area contributed by atoms with E-state index in [1.54, 1.807) is 16.9 Å². The molecule has 0 spiro atoms. The van der Waals surface area contributed by atoms with Gasteiger partial charge < -0.3 is 15.4 Å². The Morgan fingerprint density at radius 3 is 2.66 bits per heavy atom. The summed E-state index contributed by atoms with van der Waals surface area (Å²) >= 11 is 0. The second kappa shape index (κ2) is 8.73. The number of likely N-dealkylation sites (tertiary alicyclic amines) is 1. The molecule has 2 aromatic heterocycles. The molecule has 1 aliphatic heterocycles. The van der Waals surface area contributed by atoms with Gasteiger partial charge in [-0.2, -0.15) is 15.1 Å². The molecule has 1 saturated heterocycles. The molecule has 0 amide bonds. The Bertz CT molecular complexity index is 989. The van der Waals surface area contributed by atoms with Crippen LogP contribution in [0.25, 0.3) is 16.7 Å². The molecule has 156 valence electrons. The molecule has 1 aliphatic rings. The molecular formula is C21H29FN6O. The molecule has 2 unspecified atom stereocenters. The first-order chi connectivity index (χ1) is 14.0. The number of ether oxygens (including phenoxy) is 1. The number of anilines is 1. The number of piperidine rings is 1. The second-order valence-corrected chi connectivity index (χ2v) is 7.14. The van der Waals surface area contributed by atoms with Gasteiger partial charge in [0.2, 0.25) is 0 Å². The number of hydrogen-bond donors (Lipinski definition) is 1. The van der Waals surface area contributed by atoms with Gasteiger partial charge in [-0.05, 0) is 50.2 Å². The van der Waals surface area contributed by atoms with E-state index in [1.165, 1.54) is 7.11 Å². The summed E-state index contributed by atoms with van der Waals surface area (Å²) in [6, 6.07) is 5.91. The largest absolute Gasteiger partial charge is 0.467 e. The third kappa shape index (κ3) is 4.17. The van der Waals surface area contributed by atoms with E-state index >= 15 is 0 Å². The maximum absolute atomic E-state index is 14.7. The average molecular weight is 401 g/mol. The molecule has 2 atom stereocenters. The van der Waals surface area contributed by atoms with Gasteiger partial charge in [0.05, 0.1) is 18.8 Å². The molecule has 2 N–H and O–H groups in total. The molecule has 0 aliphatic carbocycles. The van der Waals surface area contributed by atoms with Gasteiger partial charge in [-0.15, -0.1) is 0 Å². The van der Waals surface area contributed by atoms with Crippen molar-refractivity contribution < 1.29 is 9.13 Å². The highest BCUT2D eigenvalue weighted by atomic mass is 19.1. The number of nitrogen functional groups attached to an aromatic ring is 1. The van der Waals surface area contributed by atoms with Crippen molar-refractivity contribution in [3.63, 3.8) is 0 Å². The minimum absolute atomic E-state index is 0.112. The lowest BCUT2D eigenvalue weighted by atomic mass is 9.85. The van der Waals surface area contributed by atoms with Gasteiger partial charge in [0, 0.05) is 23.9 Å². The van der Waals surface area contributed by atoms with E-state index < -0.39 is 6.17 Å². The normalized spacial score (nSPS) is 19.7. The fourth-order valence-electron chi connectivity index (χ4n) is 3.82. The summed E-state index contributed by atoms with van der Waals surface area (Å²) in [6.45, 7) is 7.38. The van der Waals surface area contributed by atoms with E-state index in [0.29, 0.717) is 18.2 Å². The number of fused-ring (bicyclic) bond motifs is 1. The van der Waals surface area contributed by atoms with Crippen molar-refractivity contribution in [1.29, 1.82) is 0 Å². The smallest absolute Gasteiger partial charge is 0.320 e. The van der Waals surface area contributed by atoms with Gasteiger partial charge in [0.25, 0.3) is 0 Å². The number of nitrogens with two attached hydrogens (primary N) is 1. The van der Waals surface area contributed by atoms with Crippen LogP contribution >= 0.6 is 0 Å². The van der Waals surface area contributed by atoms with Crippen LogP contribution in [0.15, 0.2) is 24.4 Å². The van der Waals surface area contributed by atoms with Gasteiger partial charge in [-0.3, -0.25) is 0 Å². The minimum Gasteiger partial charge on any atom is -0.467 e. The van der Waals surface area contributed by atoms with Gasteiger partial charge in [0.1, 0.15) is 12.0 Å². The minimum atomic E-state index is -0.883. The van der Waals surface area contributed by atoms with E-state index in [1.807, 2.05) is 38.8 Å².